The number of rotatable bonds is 5. The van der Waals surface area contributed by atoms with E-state index >= 15 is 0 Å². The lowest BCUT2D eigenvalue weighted by molar-refractivity contribution is 0.292. The van der Waals surface area contributed by atoms with Crippen molar-refractivity contribution < 1.29 is 4.74 Å². The Labute approximate surface area is 107 Å². The molecule has 1 aliphatic carbocycles. The molecule has 0 bridgehead atoms. The van der Waals surface area contributed by atoms with Crippen molar-refractivity contribution in [3.05, 3.63) is 0 Å². The fraction of sp³-hybridized carbons (Fsp3) is 0.750. The van der Waals surface area contributed by atoms with Gasteiger partial charge in [0.2, 0.25) is 11.9 Å². The monoisotopic (exact) mass is 251 g/mol. The van der Waals surface area contributed by atoms with Crippen LogP contribution in [0, 0.1) is 0 Å². The zero-order chi connectivity index (χ0) is 12.8. The fourth-order valence-electron chi connectivity index (χ4n) is 2.12. The van der Waals surface area contributed by atoms with Crippen molar-refractivity contribution in [3.63, 3.8) is 0 Å². The maximum atomic E-state index is 5.65. The van der Waals surface area contributed by atoms with Gasteiger partial charge in [-0.25, -0.2) is 0 Å². The van der Waals surface area contributed by atoms with Crippen LogP contribution < -0.4 is 15.8 Å². The molecule has 0 saturated heterocycles. The van der Waals surface area contributed by atoms with Crippen LogP contribution >= 0.6 is 0 Å². The van der Waals surface area contributed by atoms with Crippen LogP contribution in [0.15, 0.2) is 0 Å². The molecule has 6 nitrogen and oxygen atoms in total. The summed E-state index contributed by atoms with van der Waals surface area (Å²) in [4.78, 5) is 12.3. The van der Waals surface area contributed by atoms with E-state index in [1.165, 1.54) is 19.3 Å². The maximum absolute atomic E-state index is 5.65. The lowest BCUT2D eigenvalue weighted by Crippen LogP contribution is -2.24. The zero-order valence-corrected chi connectivity index (χ0v) is 10.9. The first kappa shape index (κ1) is 12.9. The highest BCUT2D eigenvalue weighted by atomic mass is 16.5. The number of hydrogen-bond acceptors (Lipinski definition) is 6. The molecule has 0 aliphatic heterocycles. The average Bonchev–Trinajstić information content (AvgIpc) is 2.37. The summed E-state index contributed by atoms with van der Waals surface area (Å²) in [5.41, 5.74) is 5.65. The van der Waals surface area contributed by atoms with Gasteiger partial charge in [0.25, 0.3) is 0 Å². The van der Waals surface area contributed by atoms with E-state index < -0.39 is 0 Å². The Morgan fingerprint density at radius 2 is 2.00 bits per heavy atom. The van der Waals surface area contributed by atoms with Crippen LogP contribution in [0.4, 0.5) is 11.9 Å². The highest BCUT2D eigenvalue weighted by molar-refractivity contribution is 5.33. The van der Waals surface area contributed by atoms with Gasteiger partial charge in [0, 0.05) is 6.04 Å². The molecule has 0 radical (unpaired) electrons. The number of aromatic nitrogens is 3. The minimum atomic E-state index is 0.203. The average molecular weight is 251 g/mol. The van der Waals surface area contributed by atoms with Gasteiger partial charge in [0.15, 0.2) is 0 Å². The highest BCUT2D eigenvalue weighted by Gasteiger charge is 2.15. The third-order valence-electron chi connectivity index (χ3n) is 3.01. The first-order valence-electron chi connectivity index (χ1n) is 6.69. The Morgan fingerprint density at radius 1 is 1.22 bits per heavy atom. The fourth-order valence-corrected chi connectivity index (χ4v) is 2.12. The summed E-state index contributed by atoms with van der Waals surface area (Å²) in [5.74, 6) is 0.731. The van der Waals surface area contributed by atoms with Crippen molar-refractivity contribution in [2.45, 2.75) is 51.5 Å². The van der Waals surface area contributed by atoms with Gasteiger partial charge in [-0.3, -0.25) is 0 Å². The summed E-state index contributed by atoms with van der Waals surface area (Å²) < 4.78 is 5.38. The molecule has 3 N–H and O–H groups in total. The van der Waals surface area contributed by atoms with Gasteiger partial charge in [0.1, 0.15) is 0 Å². The number of hydrogen-bond donors (Lipinski definition) is 2. The van der Waals surface area contributed by atoms with Gasteiger partial charge in [-0.1, -0.05) is 26.2 Å². The van der Waals surface area contributed by atoms with Crippen LogP contribution in [0.25, 0.3) is 0 Å². The van der Waals surface area contributed by atoms with Crippen LogP contribution in [-0.2, 0) is 0 Å². The molecule has 1 fully saturated rings. The minimum Gasteiger partial charge on any atom is -0.463 e. The van der Waals surface area contributed by atoms with Gasteiger partial charge in [-0.15, -0.1) is 0 Å². The number of nitrogens with one attached hydrogen (secondary N) is 1. The molecule has 0 aromatic carbocycles. The number of nitrogens with zero attached hydrogens (tertiary/aromatic N) is 3. The van der Waals surface area contributed by atoms with Crippen molar-refractivity contribution in [3.8, 4) is 6.01 Å². The number of anilines is 2. The molecule has 0 unspecified atom stereocenters. The van der Waals surface area contributed by atoms with E-state index in [2.05, 4.69) is 20.3 Å². The van der Waals surface area contributed by atoms with Gasteiger partial charge in [-0.2, -0.15) is 15.0 Å². The van der Waals surface area contributed by atoms with Crippen molar-refractivity contribution in [2.24, 2.45) is 0 Å². The second-order valence-electron chi connectivity index (χ2n) is 4.63. The lowest BCUT2D eigenvalue weighted by atomic mass is 9.96. The predicted octanol–water partition coefficient (Wildman–Crippen LogP) is 1.99. The molecule has 0 atom stereocenters. The molecule has 1 saturated carbocycles. The van der Waals surface area contributed by atoms with Gasteiger partial charge in [0.05, 0.1) is 6.61 Å². The molecule has 18 heavy (non-hydrogen) atoms. The van der Waals surface area contributed by atoms with E-state index in [4.69, 9.17) is 10.5 Å². The Bertz CT molecular complexity index is 379. The van der Waals surface area contributed by atoms with E-state index in [0.717, 1.165) is 19.3 Å². The molecule has 1 heterocycles. The second-order valence-corrected chi connectivity index (χ2v) is 4.63. The Balaban J connectivity index is 1.99. The topological polar surface area (TPSA) is 86.0 Å². The number of nitrogen functional groups attached to an aromatic ring is 1. The van der Waals surface area contributed by atoms with Gasteiger partial charge < -0.3 is 15.8 Å². The quantitative estimate of drug-likeness (QED) is 0.832. The normalized spacial score (nSPS) is 16.5. The summed E-state index contributed by atoms with van der Waals surface area (Å²) in [6, 6.07) is 0.752. The molecule has 1 aromatic rings. The van der Waals surface area contributed by atoms with Crippen LogP contribution in [-0.4, -0.2) is 27.6 Å². The maximum Gasteiger partial charge on any atom is 0.323 e. The number of nitrogens with two attached hydrogens (primary N) is 1. The molecular weight excluding hydrogens is 230 g/mol. The third-order valence-corrected chi connectivity index (χ3v) is 3.01. The van der Waals surface area contributed by atoms with Crippen LogP contribution in [0.1, 0.15) is 45.4 Å². The Morgan fingerprint density at radius 3 is 2.72 bits per heavy atom. The largest absolute Gasteiger partial charge is 0.463 e. The predicted molar refractivity (Wildman–Crippen MR) is 70.5 cm³/mol. The van der Waals surface area contributed by atoms with Gasteiger partial charge >= 0.3 is 6.01 Å². The Kier molecular flexibility index (Phi) is 4.55. The standard InChI is InChI=1S/C12H21N5O/c1-2-8-18-12-16-10(13)15-11(17-12)14-9-6-4-3-5-7-9/h9H,2-8H2,1H3,(H3,13,14,15,16,17). The molecular formula is C12H21N5O. The van der Waals surface area contributed by atoms with E-state index in [1.54, 1.807) is 0 Å². The summed E-state index contributed by atoms with van der Waals surface area (Å²) in [6.45, 7) is 2.62. The van der Waals surface area contributed by atoms with Crippen molar-refractivity contribution in [2.75, 3.05) is 17.7 Å². The molecule has 1 aromatic heterocycles. The molecule has 100 valence electrons. The molecule has 1 aliphatic rings. The van der Waals surface area contributed by atoms with Crippen molar-refractivity contribution in [1.82, 2.24) is 15.0 Å². The van der Waals surface area contributed by atoms with Crippen LogP contribution in [0.5, 0.6) is 6.01 Å². The third kappa shape index (κ3) is 3.72. The summed E-state index contributed by atoms with van der Waals surface area (Å²) in [6.07, 6.45) is 7.09. The number of ether oxygens (including phenoxy) is 1. The van der Waals surface area contributed by atoms with Gasteiger partial charge in [-0.05, 0) is 19.3 Å². The second kappa shape index (κ2) is 6.37. The molecule has 0 spiro atoms. The van der Waals surface area contributed by atoms with Crippen molar-refractivity contribution in [1.29, 1.82) is 0 Å². The van der Waals surface area contributed by atoms with Crippen LogP contribution in [0.2, 0.25) is 0 Å². The Hall–Kier alpha value is -1.59. The molecule has 2 rings (SSSR count). The summed E-state index contributed by atoms with van der Waals surface area (Å²) in [5, 5.41) is 3.32. The molecule has 6 heteroatoms. The molecule has 0 amide bonds. The SMILES string of the molecule is CCCOc1nc(N)nc(NC2CCCCC2)n1. The smallest absolute Gasteiger partial charge is 0.323 e. The highest BCUT2D eigenvalue weighted by Crippen LogP contribution is 2.20. The van der Waals surface area contributed by atoms with E-state index in [-0.39, 0.29) is 5.95 Å². The summed E-state index contributed by atoms with van der Waals surface area (Å²) >= 11 is 0. The van der Waals surface area contributed by atoms with E-state index in [9.17, 15) is 0 Å². The minimum absolute atomic E-state index is 0.203. The van der Waals surface area contributed by atoms with Crippen LogP contribution in [0.3, 0.4) is 0 Å². The first-order chi connectivity index (χ1) is 8.78. The van der Waals surface area contributed by atoms with E-state index in [0.29, 0.717) is 24.6 Å². The zero-order valence-electron chi connectivity index (χ0n) is 10.9. The first-order valence-corrected chi connectivity index (χ1v) is 6.69. The van der Waals surface area contributed by atoms with Crippen molar-refractivity contribution >= 4 is 11.9 Å². The lowest BCUT2D eigenvalue weighted by Gasteiger charge is -2.22. The van der Waals surface area contributed by atoms with E-state index in [1.807, 2.05) is 6.92 Å². The summed E-state index contributed by atoms with van der Waals surface area (Å²) in [7, 11) is 0.